The van der Waals surface area contributed by atoms with E-state index in [2.05, 4.69) is 17.2 Å². The number of nitrogens with zero attached hydrogens (tertiary/aromatic N) is 1. The van der Waals surface area contributed by atoms with Gasteiger partial charge in [-0.25, -0.2) is 0 Å². The highest BCUT2D eigenvalue weighted by Crippen LogP contribution is 2.27. The average Bonchev–Trinajstić information content (AvgIpc) is 3.15. The summed E-state index contributed by atoms with van der Waals surface area (Å²) in [6.45, 7) is 0. The molecule has 0 atom stereocenters. The molecule has 2 aliphatic carbocycles. The van der Waals surface area contributed by atoms with Crippen molar-refractivity contribution in [1.29, 1.82) is 0 Å². The van der Waals surface area contributed by atoms with E-state index in [1.165, 1.54) is 6.20 Å². The number of carbonyl (C=O) groups is 1. The summed E-state index contributed by atoms with van der Waals surface area (Å²) in [4.78, 5) is 11.9. The highest BCUT2D eigenvalue weighted by atomic mass is 16.5. The lowest BCUT2D eigenvalue weighted by Gasteiger charge is -2.25. The summed E-state index contributed by atoms with van der Waals surface area (Å²) in [5.41, 5.74) is 0.811. The summed E-state index contributed by atoms with van der Waals surface area (Å²) >= 11 is 0. The van der Waals surface area contributed by atoms with E-state index < -0.39 is 0 Å². The van der Waals surface area contributed by atoms with E-state index in [1.807, 2.05) is 0 Å². The van der Waals surface area contributed by atoms with Crippen LogP contribution in [0.1, 0.15) is 48.2 Å². The van der Waals surface area contributed by atoms with Crippen LogP contribution in [0.25, 0.3) is 0 Å². The summed E-state index contributed by atoms with van der Waals surface area (Å²) in [5.74, 6) is 6.28. The largest absolute Gasteiger partial charge is 0.618 e. The lowest BCUT2D eigenvalue weighted by molar-refractivity contribution is -0.607. The number of amides is 1. The van der Waals surface area contributed by atoms with Crippen LogP contribution in [0.3, 0.4) is 0 Å². The maximum absolute atomic E-state index is 11.9. The summed E-state index contributed by atoms with van der Waals surface area (Å²) in [6.07, 6.45) is 6.87. The minimum Gasteiger partial charge on any atom is -0.618 e. The van der Waals surface area contributed by atoms with Gasteiger partial charge in [0.2, 0.25) is 0 Å². The van der Waals surface area contributed by atoms with Gasteiger partial charge >= 0.3 is 5.91 Å². The second-order valence-corrected chi connectivity index (χ2v) is 5.27. The molecule has 0 radical (unpaired) electrons. The van der Waals surface area contributed by atoms with Crippen LogP contribution in [-0.4, -0.2) is 11.9 Å². The number of hydrogen-bond donors (Lipinski definition) is 1. The van der Waals surface area contributed by atoms with Crippen LogP contribution in [0.15, 0.2) is 18.3 Å². The maximum Gasteiger partial charge on any atom is 0.317 e. The van der Waals surface area contributed by atoms with E-state index in [1.54, 1.807) is 12.1 Å². The van der Waals surface area contributed by atoms with E-state index in [-0.39, 0.29) is 17.6 Å². The van der Waals surface area contributed by atoms with E-state index in [4.69, 9.17) is 0 Å². The van der Waals surface area contributed by atoms with Gasteiger partial charge in [0.05, 0.1) is 5.56 Å². The van der Waals surface area contributed by atoms with Crippen LogP contribution in [-0.2, 0) is 0 Å². The molecule has 0 spiro atoms. The third kappa shape index (κ3) is 2.87. The molecule has 0 unspecified atom stereocenters. The summed E-state index contributed by atoms with van der Waals surface area (Å²) in [5, 5.41) is 14.7. The molecule has 0 bridgehead atoms. The van der Waals surface area contributed by atoms with Crippen molar-refractivity contribution >= 4 is 5.91 Å². The molecule has 2 saturated carbocycles. The van der Waals surface area contributed by atoms with Gasteiger partial charge in [0.1, 0.15) is 0 Å². The Morgan fingerprint density at radius 3 is 2.68 bits per heavy atom. The molecule has 98 valence electrons. The Bertz CT molecular complexity index is 563. The molecular weight excluding hydrogens is 240 g/mol. The zero-order valence-electron chi connectivity index (χ0n) is 10.7. The Morgan fingerprint density at radius 1 is 1.32 bits per heavy atom. The van der Waals surface area contributed by atoms with Gasteiger partial charge in [0.25, 0.3) is 5.69 Å². The first-order valence-electron chi connectivity index (χ1n) is 6.78. The molecule has 1 aromatic heterocycles. The van der Waals surface area contributed by atoms with Gasteiger partial charge in [-0.05, 0) is 38.2 Å². The molecule has 0 aliphatic heterocycles. The minimum absolute atomic E-state index is 0.142. The van der Waals surface area contributed by atoms with Gasteiger partial charge in [-0.15, -0.1) is 0 Å². The fraction of sp³-hybridized carbons (Fsp3) is 0.467. The highest BCUT2D eigenvalue weighted by molar-refractivity contribution is 5.91. The molecular formula is C15H16N2O2. The standard InChI is InChI=1S/C15H16N2O2/c18-15(16-13-2-1-3-13)14-9-8-12(10-17(14)19)7-6-11-4-5-11/h8-11,13H,1-5H2,(H,16,18). The lowest BCUT2D eigenvalue weighted by atomic mass is 9.93. The lowest BCUT2D eigenvalue weighted by Crippen LogP contribution is -2.45. The highest BCUT2D eigenvalue weighted by Gasteiger charge is 2.24. The van der Waals surface area contributed by atoms with Crippen LogP contribution in [0.2, 0.25) is 0 Å². The Hall–Kier alpha value is -2.02. The van der Waals surface area contributed by atoms with Crippen molar-refractivity contribution in [2.24, 2.45) is 5.92 Å². The van der Waals surface area contributed by atoms with Crippen LogP contribution in [0.4, 0.5) is 0 Å². The van der Waals surface area contributed by atoms with Crippen LogP contribution in [0.5, 0.6) is 0 Å². The molecule has 3 rings (SSSR count). The fourth-order valence-corrected chi connectivity index (χ4v) is 1.96. The molecule has 1 aromatic rings. The van der Waals surface area contributed by atoms with Crippen LogP contribution < -0.4 is 10.0 Å². The number of aromatic nitrogens is 1. The first-order valence-corrected chi connectivity index (χ1v) is 6.78. The predicted octanol–water partition coefficient (Wildman–Crippen LogP) is 1.36. The zero-order valence-corrected chi connectivity index (χ0v) is 10.7. The molecule has 4 heteroatoms. The van der Waals surface area contributed by atoms with E-state index in [0.717, 1.165) is 32.1 Å². The van der Waals surface area contributed by atoms with Gasteiger partial charge in [0.15, 0.2) is 6.20 Å². The molecule has 1 amide bonds. The van der Waals surface area contributed by atoms with Gasteiger partial charge < -0.3 is 10.5 Å². The quantitative estimate of drug-likeness (QED) is 0.493. The number of rotatable bonds is 2. The Kier molecular flexibility index (Phi) is 3.12. The first kappa shape index (κ1) is 12.0. The van der Waals surface area contributed by atoms with E-state index in [9.17, 15) is 10.0 Å². The van der Waals surface area contributed by atoms with Crippen LogP contribution in [0, 0.1) is 23.0 Å². The number of carbonyl (C=O) groups excluding carboxylic acids is 1. The van der Waals surface area contributed by atoms with Crippen LogP contribution >= 0.6 is 0 Å². The second kappa shape index (κ2) is 4.93. The molecule has 2 aliphatic rings. The molecule has 1 heterocycles. The Labute approximate surface area is 112 Å². The van der Waals surface area contributed by atoms with Crippen molar-refractivity contribution in [1.82, 2.24) is 5.32 Å². The van der Waals surface area contributed by atoms with Gasteiger partial charge in [-0.1, -0.05) is 11.8 Å². The molecule has 4 nitrogen and oxygen atoms in total. The molecule has 2 fully saturated rings. The Balaban J connectivity index is 1.71. The van der Waals surface area contributed by atoms with Crippen molar-refractivity contribution < 1.29 is 9.52 Å². The monoisotopic (exact) mass is 256 g/mol. The van der Waals surface area contributed by atoms with E-state index in [0.29, 0.717) is 16.2 Å². The number of pyridine rings is 1. The van der Waals surface area contributed by atoms with Crippen molar-refractivity contribution in [3.05, 3.63) is 34.8 Å². The SMILES string of the molecule is O=C(NC1CCC1)c1ccc(C#CC2CC2)c[n+]1[O-]. The summed E-state index contributed by atoms with van der Waals surface area (Å²) < 4.78 is 0.616. The van der Waals surface area contributed by atoms with E-state index >= 15 is 0 Å². The van der Waals surface area contributed by atoms with Gasteiger partial charge in [-0.2, -0.15) is 4.73 Å². The minimum atomic E-state index is -0.290. The van der Waals surface area contributed by atoms with Gasteiger partial charge in [0, 0.05) is 18.0 Å². The molecule has 0 aromatic carbocycles. The topological polar surface area (TPSA) is 56.0 Å². The summed E-state index contributed by atoms with van der Waals surface area (Å²) in [7, 11) is 0. The third-order valence-corrected chi connectivity index (χ3v) is 3.59. The van der Waals surface area contributed by atoms with Crippen molar-refractivity contribution in [2.45, 2.75) is 38.1 Å². The number of hydrogen-bond acceptors (Lipinski definition) is 2. The molecule has 1 N–H and O–H groups in total. The number of nitrogens with one attached hydrogen (secondary N) is 1. The predicted molar refractivity (Wildman–Crippen MR) is 70.1 cm³/mol. The summed E-state index contributed by atoms with van der Waals surface area (Å²) in [6, 6.07) is 3.53. The second-order valence-electron chi connectivity index (χ2n) is 5.27. The normalized spacial score (nSPS) is 18.1. The average molecular weight is 256 g/mol. The van der Waals surface area contributed by atoms with Crippen molar-refractivity contribution in [3.63, 3.8) is 0 Å². The smallest absolute Gasteiger partial charge is 0.317 e. The Morgan fingerprint density at radius 2 is 2.11 bits per heavy atom. The van der Waals surface area contributed by atoms with Gasteiger partial charge in [-0.3, -0.25) is 4.79 Å². The maximum atomic E-state index is 11.9. The molecule has 19 heavy (non-hydrogen) atoms. The molecule has 0 saturated heterocycles. The fourth-order valence-electron chi connectivity index (χ4n) is 1.96. The zero-order chi connectivity index (χ0) is 13.2. The third-order valence-electron chi connectivity index (χ3n) is 3.59. The van der Waals surface area contributed by atoms with Crippen molar-refractivity contribution in [2.75, 3.05) is 0 Å². The van der Waals surface area contributed by atoms with Crippen molar-refractivity contribution in [3.8, 4) is 11.8 Å². The first-order chi connectivity index (χ1) is 9.22.